The number of likely N-dealkylation sites (tertiary alicyclic amines) is 1. The average Bonchev–Trinajstić information content (AvgIpc) is 3.17. The van der Waals surface area contributed by atoms with E-state index >= 15 is 0 Å². The highest BCUT2D eigenvalue weighted by Crippen LogP contribution is 2.25. The van der Waals surface area contributed by atoms with Crippen LogP contribution < -0.4 is 0 Å². The lowest BCUT2D eigenvalue weighted by molar-refractivity contribution is -0.136. The normalized spacial score (nSPS) is 20.3. The van der Waals surface area contributed by atoms with Crippen LogP contribution in [0, 0.1) is 11.7 Å². The summed E-state index contributed by atoms with van der Waals surface area (Å²) >= 11 is 0. The molecule has 140 valence electrons. The predicted octanol–water partition coefficient (Wildman–Crippen LogP) is 2.91. The van der Waals surface area contributed by atoms with Gasteiger partial charge in [-0.15, -0.1) is 0 Å². The Labute approximate surface area is 153 Å². The smallest absolute Gasteiger partial charge is 0.222 e. The van der Waals surface area contributed by atoms with E-state index < -0.39 is 0 Å². The monoisotopic (exact) mass is 359 g/mol. The largest absolute Gasteiger partial charge is 0.379 e. The molecule has 1 fully saturated rings. The number of amides is 1. The van der Waals surface area contributed by atoms with E-state index in [9.17, 15) is 9.18 Å². The Balaban J connectivity index is 1.50. The second-order valence-corrected chi connectivity index (χ2v) is 6.83. The van der Waals surface area contributed by atoms with Crippen LogP contribution in [-0.4, -0.2) is 46.9 Å². The maximum Gasteiger partial charge on any atom is 0.222 e. The Hall–Kier alpha value is -2.21. The zero-order chi connectivity index (χ0) is 18.4. The fourth-order valence-electron chi connectivity index (χ4n) is 3.62. The molecule has 0 bridgehead atoms. The van der Waals surface area contributed by atoms with E-state index in [0.29, 0.717) is 25.9 Å². The fourth-order valence-corrected chi connectivity index (χ4v) is 3.62. The molecule has 26 heavy (non-hydrogen) atoms. The van der Waals surface area contributed by atoms with Crippen LogP contribution in [0.3, 0.4) is 0 Å². The predicted molar refractivity (Wildman–Crippen MR) is 97.0 cm³/mol. The molecule has 0 spiro atoms. The number of methoxy groups -OCH3 is 1. The number of benzene rings is 1. The first-order valence-corrected chi connectivity index (χ1v) is 9.18. The van der Waals surface area contributed by atoms with Crippen LogP contribution in [0.1, 0.15) is 24.8 Å². The molecule has 3 rings (SSSR count). The van der Waals surface area contributed by atoms with E-state index in [2.05, 4.69) is 5.10 Å². The van der Waals surface area contributed by atoms with Crippen molar-refractivity contribution in [1.29, 1.82) is 0 Å². The number of carbonyl (C=O) groups excluding carboxylic acids is 1. The summed E-state index contributed by atoms with van der Waals surface area (Å²) in [7, 11) is 1.67. The van der Waals surface area contributed by atoms with Gasteiger partial charge in [-0.1, -0.05) is 18.2 Å². The minimum atomic E-state index is -0.167. The van der Waals surface area contributed by atoms with E-state index in [1.807, 2.05) is 34.0 Å². The molecule has 1 aliphatic heterocycles. The number of halogens is 1. The molecule has 5 nitrogen and oxygen atoms in total. The molecule has 1 aliphatic rings. The quantitative estimate of drug-likeness (QED) is 0.764. The highest BCUT2D eigenvalue weighted by atomic mass is 19.1. The maximum atomic E-state index is 13.9. The summed E-state index contributed by atoms with van der Waals surface area (Å²) in [4.78, 5) is 14.4. The molecule has 2 heterocycles. The van der Waals surface area contributed by atoms with Crippen molar-refractivity contribution >= 4 is 5.91 Å². The van der Waals surface area contributed by atoms with Gasteiger partial charge in [0.15, 0.2) is 0 Å². The second-order valence-electron chi connectivity index (χ2n) is 6.83. The molecular formula is C20H26FN3O2. The first-order chi connectivity index (χ1) is 12.7. The lowest BCUT2D eigenvalue weighted by Crippen LogP contribution is -2.48. The lowest BCUT2D eigenvalue weighted by atomic mass is 9.87. The van der Waals surface area contributed by atoms with Crippen LogP contribution in [0.5, 0.6) is 0 Å². The highest BCUT2D eigenvalue weighted by Gasteiger charge is 2.31. The second kappa shape index (κ2) is 8.94. The first kappa shape index (κ1) is 18.6. The number of nitrogens with zero attached hydrogens (tertiary/aromatic N) is 3. The van der Waals surface area contributed by atoms with Crippen LogP contribution in [0.4, 0.5) is 4.39 Å². The van der Waals surface area contributed by atoms with Gasteiger partial charge in [0.1, 0.15) is 5.82 Å². The molecule has 0 aliphatic carbocycles. The van der Waals surface area contributed by atoms with Crippen molar-refractivity contribution in [3.63, 3.8) is 0 Å². The summed E-state index contributed by atoms with van der Waals surface area (Å²) < 4.78 is 21.4. The molecule has 6 heteroatoms. The summed E-state index contributed by atoms with van der Waals surface area (Å²) in [5.41, 5.74) is 0.721. The van der Waals surface area contributed by atoms with Gasteiger partial charge in [0.05, 0.1) is 6.10 Å². The maximum absolute atomic E-state index is 13.9. The van der Waals surface area contributed by atoms with Gasteiger partial charge in [-0.2, -0.15) is 5.10 Å². The summed E-state index contributed by atoms with van der Waals surface area (Å²) in [5, 5.41) is 4.15. The first-order valence-electron chi connectivity index (χ1n) is 9.18. The van der Waals surface area contributed by atoms with Gasteiger partial charge in [0.25, 0.3) is 0 Å². The van der Waals surface area contributed by atoms with Crippen molar-refractivity contribution < 1.29 is 13.9 Å². The number of aromatic nitrogens is 2. The molecule has 1 amide bonds. The number of hydrogen-bond donors (Lipinski definition) is 0. The molecule has 0 N–H and O–H groups in total. The average molecular weight is 359 g/mol. The summed E-state index contributed by atoms with van der Waals surface area (Å²) in [6.07, 6.45) is 6.34. The number of carbonyl (C=O) groups is 1. The van der Waals surface area contributed by atoms with Crippen molar-refractivity contribution in [3.8, 4) is 0 Å². The number of rotatable bonds is 7. The fraction of sp³-hybridized carbons (Fsp3) is 0.500. The summed E-state index contributed by atoms with van der Waals surface area (Å²) in [5.74, 6) is 0.216. The zero-order valence-electron chi connectivity index (χ0n) is 15.2. The lowest BCUT2D eigenvalue weighted by Gasteiger charge is -2.38. The van der Waals surface area contributed by atoms with E-state index in [1.165, 1.54) is 6.07 Å². The molecule has 2 aromatic rings. The standard InChI is InChI=1S/C20H26FN3O2/c1-26-19-15-23(20(25)8-4-11-24-12-5-10-22-24)13-9-17(19)14-16-6-2-3-7-18(16)21/h2-3,5-7,10,12,17,19H,4,8-9,11,13-15H2,1H3/t17-,19-/m1/s1. The van der Waals surface area contributed by atoms with Crippen molar-refractivity contribution in [2.75, 3.05) is 20.2 Å². The number of piperidine rings is 1. The van der Waals surface area contributed by atoms with Gasteiger partial charge in [-0.25, -0.2) is 4.39 Å². The molecule has 0 saturated carbocycles. The topological polar surface area (TPSA) is 47.4 Å². The Morgan fingerprint density at radius 1 is 1.35 bits per heavy atom. The van der Waals surface area contributed by atoms with Crippen LogP contribution in [0.2, 0.25) is 0 Å². The minimum Gasteiger partial charge on any atom is -0.379 e. The Morgan fingerprint density at radius 2 is 2.19 bits per heavy atom. The van der Waals surface area contributed by atoms with Gasteiger partial charge in [-0.3, -0.25) is 9.48 Å². The van der Waals surface area contributed by atoms with Crippen molar-refractivity contribution in [2.45, 2.75) is 38.3 Å². The summed E-state index contributed by atoms with van der Waals surface area (Å²) in [6.45, 7) is 2.03. The van der Waals surface area contributed by atoms with Gasteiger partial charge in [0.2, 0.25) is 5.91 Å². The minimum absolute atomic E-state index is 0.0570. The Bertz CT molecular complexity index is 705. The Kier molecular flexibility index (Phi) is 6.39. The molecular weight excluding hydrogens is 333 g/mol. The molecule has 1 saturated heterocycles. The van der Waals surface area contributed by atoms with Crippen LogP contribution >= 0.6 is 0 Å². The van der Waals surface area contributed by atoms with Gasteiger partial charge < -0.3 is 9.64 Å². The molecule has 1 aromatic heterocycles. The van der Waals surface area contributed by atoms with E-state index in [0.717, 1.165) is 24.9 Å². The van der Waals surface area contributed by atoms with Gasteiger partial charge in [-0.05, 0) is 42.9 Å². The third kappa shape index (κ3) is 4.69. The van der Waals surface area contributed by atoms with E-state index in [4.69, 9.17) is 4.74 Å². The van der Waals surface area contributed by atoms with Crippen molar-refractivity contribution in [2.24, 2.45) is 5.92 Å². The van der Waals surface area contributed by atoms with E-state index in [-0.39, 0.29) is 23.7 Å². The third-order valence-electron chi connectivity index (χ3n) is 5.13. The third-order valence-corrected chi connectivity index (χ3v) is 5.13. The van der Waals surface area contributed by atoms with Crippen molar-refractivity contribution in [1.82, 2.24) is 14.7 Å². The SMILES string of the molecule is CO[C@@H]1CN(C(=O)CCCn2cccn2)CC[C@@H]1Cc1ccccc1F. The van der Waals surface area contributed by atoms with E-state index in [1.54, 1.807) is 19.4 Å². The molecule has 0 unspecified atom stereocenters. The van der Waals surface area contributed by atoms with Crippen LogP contribution in [0.15, 0.2) is 42.7 Å². The number of aryl methyl sites for hydroxylation is 1. The number of hydrogen-bond acceptors (Lipinski definition) is 3. The van der Waals surface area contributed by atoms with Gasteiger partial charge >= 0.3 is 0 Å². The van der Waals surface area contributed by atoms with Crippen LogP contribution in [0.25, 0.3) is 0 Å². The Morgan fingerprint density at radius 3 is 2.92 bits per heavy atom. The van der Waals surface area contributed by atoms with Gasteiger partial charge in [0, 0.05) is 45.6 Å². The molecule has 1 aromatic carbocycles. The molecule has 2 atom stereocenters. The highest BCUT2D eigenvalue weighted by molar-refractivity contribution is 5.76. The summed E-state index contributed by atoms with van der Waals surface area (Å²) in [6, 6.07) is 8.77. The zero-order valence-corrected chi connectivity index (χ0v) is 15.2. The van der Waals surface area contributed by atoms with Crippen LogP contribution in [-0.2, 0) is 22.5 Å². The molecule has 0 radical (unpaired) electrons. The number of ether oxygens (including phenoxy) is 1. The van der Waals surface area contributed by atoms with Crippen molar-refractivity contribution in [3.05, 3.63) is 54.1 Å².